The highest BCUT2D eigenvalue weighted by atomic mass is 16.2. The number of amides is 2. The van der Waals surface area contributed by atoms with E-state index in [1.54, 1.807) is 24.3 Å². The summed E-state index contributed by atoms with van der Waals surface area (Å²) in [7, 11) is 0. The molecule has 0 aliphatic carbocycles. The lowest BCUT2D eigenvalue weighted by atomic mass is 10.1. The normalized spacial score (nSPS) is 10.6. The van der Waals surface area contributed by atoms with E-state index < -0.39 is 0 Å². The van der Waals surface area contributed by atoms with Gasteiger partial charge in [-0.2, -0.15) is 0 Å². The number of nitrogens with zero attached hydrogens (tertiary/aromatic N) is 1. The minimum absolute atomic E-state index is 0.122. The fourth-order valence-corrected chi connectivity index (χ4v) is 2.94. The van der Waals surface area contributed by atoms with Crippen LogP contribution in [0.3, 0.4) is 0 Å². The zero-order valence-corrected chi connectivity index (χ0v) is 17.5. The van der Waals surface area contributed by atoms with Crippen LogP contribution in [0.15, 0.2) is 42.5 Å². The Kier molecular flexibility index (Phi) is 7.61. The number of hydrogen-bond donors (Lipinski definition) is 2. The predicted molar refractivity (Wildman–Crippen MR) is 116 cm³/mol. The van der Waals surface area contributed by atoms with Crippen LogP contribution in [0.5, 0.6) is 0 Å². The third-order valence-electron chi connectivity index (χ3n) is 4.67. The molecule has 0 heterocycles. The first-order chi connectivity index (χ1) is 13.3. The van der Waals surface area contributed by atoms with Crippen LogP contribution in [0.4, 0.5) is 11.4 Å². The number of hydrogen-bond acceptors (Lipinski definition) is 3. The predicted octanol–water partition coefficient (Wildman–Crippen LogP) is 4.48. The first-order valence-electron chi connectivity index (χ1n) is 9.90. The molecule has 0 saturated carbocycles. The molecule has 2 aromatic rings. The Labute approximate surface area is 168 Å². The van der Waals surface area contributed by atoms with Crippen molar-refractivity contribution in [3.63, 3.8) is 0 Å². The summed E-state index contributed by atoms with van der Waals surface area (Å²) in [6.07, 6.45) is 0. The third-order valence-corrected chi connectivity index (χ3v) is 4.67. The van der Waals surface area contributed by atoms with Gasteiger partial charge in [0.25, 0.3) is 11.8 Å². The van der Waals surface area contributed by atoms with Crippen LogP contribution in [0.2, 0.25) is 0 Å². The summed E-state index contributed by atoms with van der Waals surface area (Å²) in [5.41, 5.74) is 4.03. The molecule has 0 aromatic heterocycles. The number of rotatable bonds is 8. The van der Waals surface area contributed by atoms with Crippen molar-refractivity contribution < 1.29 is 9.59 Å². The maximum atomic E-state index is 12.6. The van der Waals surface area contributed by atoms with Gasteiger partial charge in [0, 0.05) is 42.1 Å². The summed E-state index contributed by atoms with van der Waals surface area (Å²) in [5.74, 6) is 0.0849. The monoisotopic (exact) mass is 381 g/mol. The van der Waals surface area contributed by atoms with Crippen molar-refractivity contribution in [1.82, 2.24) is 5.32 Å². The van der Waals surface area contributed by atoms with E-state index in [1.165, 1.54) is 0 Å². The molecule has 0 radical (unpaired) electrons. The van der Waals surface area contributed by atoms with E-state index in [1.807, 2.05) is 32.9 Å². The number of carbonyl (C=O) groups excluding carboxylic acids is 2. The Hall–Kier alpha value is -2.82. The molecule has 2 rings (SSSR count). The molecule has 0 saturated heterocycles. The second-order valence-corrected chi connectivity index (χ2v) is 7.31. The van der Waals surface area contributed by atoms with Gasteiger partial charge < -0.3 is 15.5 Å². The fraction of sp³-hybridized carbons (Fsp3) is 0.391. The molecule has 0 aliphatic rings. The smallest absolute Gasteiger partial charge is 0.255 e. The van der Waals surface area contributed by atoms with Crippen molar-refractivity contribution in [2.45, 2.75) is 34.6 Å². The van der Waals surface area contributed by atoms with E-state index in [0.717, 1.165) is 30.0 Å². The quantitative estimate of drug-likeness (QED) is 0.709. The maximum Gasteiger partial charge on any atom is 0.255 e. The van der Waals surface area contributed by atoms with Crippen molar-refractivity contribution in [2.24, 2.45) is 5.92 Å². The fourth-order valence-electron chi connectivity index (χ4n) is 2.94. The average molecular weight is 382 g/mol. The summed E-state index contributed by atoms with van der Waals surface area (Å²) in [5, 5.41) is 5.83. The SMILES string of the molecule is CCN(CC)c1ccc(NC(=O)c2ccc(C(=O)NCC(C)C)cc2)c(C)c1. The minimum atomic E-state index is -0.187. The summed E-state index contributed by atoms with van der Waals surface area (Å²) in [6, 6.07) is 12.8. The van der Waals surface area contributed by atoms with E-state index in [9.17, 15) is 9.59 Å². The molecule has 2 N–H and O–H groups in total. The zero-order valence-electron chi connectivity index (χ0n) is 17.5. The van der Waals surface area contributed by atoms with Gasteiger partial charge in [-0.05, 0) is 74.7 Å². The molecule has 28 heavy (non-hydrogen) atoms. The first-order valence-corrected chi connectivity index (χ1v) is 9.90. The van der Waals surface area contributed by atoms with Crippen molar-refractivity contribution in [3.8, 4) is 0 Å². The van der Waals surface area contributed by atoms with Gasteiger partial charge in [-0.15, -0.1) is 0 Å². The number of benzene rings is 2. The second kappa shape index (κ2) is 9.93. The second-order valence-electron chi connectivity index (χ2n) is 7.31. The molecule has 150 valence electrons. The standard InChI is InChI=1S/C23H31N3O2/c1-6-26(7-2)20-12-13-21(17(5)14-20)25-23(28)19-10-8-18(9-11-19)22(27)24-15-16(3)4/h8-14,16H,6-7,15H2,1-5H3,(H,24,27)(H,25,28). The van der Waals surface area contributed by atoms with Gasteiger partial charge in [-0.25, -0.2) is 0 Å². The van der Waals surface area contributed by atoms with Gasteiger partial charge in [0.1, 0.15) is 0 Å². The summed E-state index contributed by atoms with van der Waals surface area (Å²) < 4.78 is 0. The Balaban J connectivity index is 2.05. The summed E-state index contributed by atoms with van der Waals surface area (Å²) in [6.45, 7) is 12.9. The Morgan fingerprint density at radius 1 is 0.929 bits per heavy atom. The van der Waals surface area contributed by atoms with Crippen molar-refractivity contribution in [2.75, 3.05) is 29.9 Å². The topological polar surface area (TPSA) is 61.4 Å². The van der Waals surface area contributed by atoms with E-state index >= 15 is 0 Å². The zero-order chi connectivity index (χ0) is 20.7. The van der Waals surface area contributed by atoms with Crippen LogP contribution < -0.4 is 15.5 Å². The molecule has 2 aromatic carbocycles. The van der Waals surface area contributed by atoms with Gasteiger partial charge in [0.15, 0.2) is 0 Å². The lowest BCUT2D eigenvalue weighted by molar-refractivity contribution is 0.0947. The van der Waals surface area contributed by atoms with E-state index in [2.05, 4.69) is 35.4 Å². The third kappa shape index (κ3) is 5.59. The van der Waals surface area contributed by atoms with Crippen LogP contribution in [-0.2, 0) is 0 Å². The Bertz CT molecular complexity index is 809. The van der Waals surface area contributed by atoms with Gasteiger partial charge in [-0.3, -0.25) is 9.59 Å². The van der Waals surface area contributed by atoms with Gasteiger partial charge in [-0.1, -0.05) is 13.8 Å². The highest BCUT2D eigenvalue weighted by Gasteiger charge is 2.11. The van der Waals surface area contributed by atoms with Crippen LogP contribution >= 0.6 is 0 Å². The molecule has 2 amide bonds. The van der Waals surface area contributed by atoms with Crippen LogP contribution in [-0.4, -0.2) is 31.4 Å². The van der Waals surface area contributed by atoms with E-state index in [-0.39, 0.29) is 11.8 Å². The molecule has 0 atom stereocenters. The summed E-state index contributed by atoms with van der Waals surface area (Å²) in [4.78, 5) is 26.9. The lowest BCUT2D eigenvalue weighted by Gasteiger charge is -2.22. The molecule has 5 nitrogen and oxygen atoms in total. The minimum Gasteiger partial charge on any atom is -0.372 e. The number of anilines is 2. The van der Waals surface area contributed by atoms with Crippen molar-refractivity contribution in [1.29, 1.82) is 0 Å². The highest BCUT2D eigenvalue weighted by molar-refractivity contribution is 6.05. The van der Waals surface area contributed by atoms with Crippen LogP contribution in [0.25, 0.3) is 0 Å². The van der Waals surface area contributed by atoms with E-state index in [0.29, 0.717) is 23.6 Å². The molecular weight excluding hydrogens is 350 g/mol. The van der Waals surface area contributed by atoms with Crippen LogP contribution in [0, 0.1) is 12.8 Å². The molecule has 0 spiro atoms. The molecule has 0 bridgehead atoms. The number of nitrogens with one attached hydrogen (secondary N) is 2. The largest absolute Gasteiger partial charge is 0.372 e. The Morgan fingerprint density at radius 2 is 1.50 bits per heavy atom. The molecule has 0 fully saturated rings. The molecular formula is C23H31N3O2. The first kappa shape index (κ1) is 21.5. The molecule has 0 unspecified atom stereocenters. The lowest BCUT2D eigenvalue weighted by Crippen LogP contribution is -2.27. The van der Waals surface area contributed by atoms with E-state index in [4.69, 9.17) is 0 Å². The number of carbonyl (C=O) groups is 2. The van der Waals surface area contributed by atoms with Crippen LogP contribution in [0.1, 0.15) is 54.0 Å². The van der Waals surface area contributed by atoms with Gasteiger partial charge >= 0.3 is 0 Å². The van der Waals surface area contributed by atoms with Gasteiger partial charge in [0.2, 0.25) is 0 Å². The number of aryl methyl sites for hydroxylation is 1. The van der Waals surface area contributed by atoms with Crippen molar-refractivity contribution in [3.05, 3.63) is 59.2 Å². The summed E-state index contributed by atoms with van der Waals surface area (Å²) >= 11 is 0. The van der Waals surface area contributed by atoms with Crippen molar-refractivity contribution >= 4 is 23.2 Å². The highest BCUT2D eigenvalue weighted by Crippen LogP contribution is 2.23. The molecule has 0 aliphatic heterocycles. The molecule has 5 heteroatoms. The average Bonchev–Trinajstić information content (AvgIpc) is 2.69. The maximum absolute atomic E-state index is 12.6. The Morgan fingerprint density at radius 3 is 2.00 bits per heavy atom. The van der Waals surface area contributed by atoms with Gasteiger partial charge in [0.05, 0.1) is 0 Å².